The van der Waals surface area contributed by atoms with Gasteiger partial charge in [0.15, 0.2) is 23.5 Å². The summed E-state index contributed by atoms with van der Waals surface area (Å²) < 4.78 is 21.3. The maximum Gasteiger partial charge on any atom is 0.185 e. The van der Waals surface area contributed by atoms with E-state index in [0.717, 1.165) is 0 Å². The number of halogens is 1. The first-order valence-electron chi connectivity index (χ1n) is 8.26. The molecule has 0 aliphatic rings. The van der Waals surface area contributed by atoms with Crippen LogP contribution in [0.4, 0.5) is 10.2 Å². The third-order valence-electron chi connectivity index (χ3n) is 4.19. The number of fused-ring (bicyclic) bond motifs is 1. The number of anilines is 1. The van der Waals surface area contributed by atoms with Crippen LogP contribution in [0.2, 0.25) is 0 Å². The average molecular weight is 365 g/mol. The van der Waals surface area contributed by atoms with Crippen LogP contribution < -0.4 is 4.90 Å². The Morgan fingerprint density at radius 3 is 2.70 bits per heavy atom. The zero-order chi connectivity index (χ0) is 19.0. The van der Waals surface area contributed by atoms with Gasteiger partial charge in [0, 0.05) is 19.7 Å². The molecule has 1 aromatic carbocycles. The summed E-state index contributed by atoms with van der Waals surface area (Å²) in [5.41, 5.74) is 1.54. The van der Waals surface area contributed by atoms with Crippen LogP contribution in [0.3, 0.4) is 0 Å². The lowest BCUT2D eigenvalue weighted by Gasteiger charge is -2.12. The van der Waals surface area contributed by atoms with Gasteiger partial charge >= 0.3 is 0 Å². The normalized spacial score (nSPS) is 11.1. The Hall–Kier alpha value is -3.55. The molecule has 0 saturated carbocycles. The molecule has 0 atom stereocenters. The van der Waals surface area contributed by atoms with Gasteiger partial charge in [-0.05, 0) is 18.2 Å². The Balaban J connectivity index is 1.94. The summed E-state index contributed by atoms with van der Waals surface area (Å²) >= 11 is 0. The van der Waals surface area contributed by atoms with Gasteiger partial charge < -0.3 is 9.32 Å². The molecular weight excluding hydrogens is 349 g/mol. The Bertz CT molecular complexity index is 1130. The van der Waals surface area contributed by atoms with E-state index in [9.17, 15) is 9.18 Å². The molecule has 0 N–H and O–H groups in total. The molecule has 27 heavy (non-hydrogen) atoms. The second-order valence-electron chi connectivity index (χ2n) is 6.21. The highest BCUT2D eigenvalue weighted by Gasteiger charge is 2.22. The quantitative estimate of drug-likeness (QED) is 0.506. The predicted octanol–water partition coefficient (Wildman–Crippen LogP) is 3.15. The molecule has 8 heteroatoms. The number of benzene rings is 1. The highest BCUT2D eigenvalue weighted by atomic mass is 19.1. The molecule has 4 rings (SSSR count). The Morgan fingerprint density at radius 2 is 2.00 bits per heavy atom. The zero-order valence-electron chi connectivity index (χ0n) is 14.8. The number of carbonyl (C=O) groups excluding carboxylic acids is 1. The molecule has 136 valence electrons. The van der Waals surface area contributed by atoms with Crippen molar-refractivity contribution < 1.29 is 13.6 Å². The minimum absolute atomic E-state index is 0.199. The van der Waals surface area contributed by atoms with Crippen LogP contribution >= 0.6 is 0 Å². The van der Waals surface area contributed by atoms with Crippen molar-refractivity contribution >= 4 is 23.1 Å². The van der Waals surface area contributed by atoms with Crippen LogP contribution in [0, 0.1) is 5.82 Å². The summed E-state index contributed by atoms with van der Waals surface area (Å²) in [7, 11) is 3.72. The van der Waals surface area contributed by atoms with E-state index in [0.29, 0.717) is 40.2 Å². The van der Waals surface area contributed by atoms with Crippen molar-refractivity contribution in [1.29, 1.82) is 0 Å². The van der Waals surface area contributed by atoms with Gasteiger partial charge in [-0.1, -0.05) is 18.2 Å². The van der Waals surface area contributed by atoms with Gasteiger partial charge in [-0.2, -0.15) is 5.10 Å². The first-order chi connectivity index (χ1) is 13.1. The molecule has 7 nitrogen and oxygen atoms in total. The molecule has 3 aromatic heterocycles. The molecule has 3 heterocycles. The standard InChI is InChI=1S/C19H16FN5O2/c1-24(2)18-16-17(15-8-7-13(10-26)27-15)23-25(19(16)22-11-21-18)9-12-5-3-4-6-14(12)20/h3-8,10-11H,9H2,1-2H3. The largest absolute Gasteiger partial charge is 0.452 e. The van der Waals surface area contributed by atoms with Gasteiger partial charge in [0.25, 0.3) is 0 Å². The number of furan rings is 1. The van der Waals surface area contributed by atoms with Crippen molar-refractivity contribution in [3.63, 3.8) is 0 Å². The fraction of sp³-hybridized carbons (Fsp3) is 0.158. The fourth-order valence-electron chi connectivity index (χ4n) is 2.95. The van der Waals surface area contributed by atoms with Crippen molar-refractivity contribution in [3.8, 4) is 11.5 Å². The highest BCUT2D eigenvalue weighted by Crippen LogP contribution is 2.33. The van der Waals surface area contributed by atoms with E-state index < -0.39 is 0 Å². The van der Waals surface area contributed by atoms with Gasteiger partial charge in [-0.15, -0.1) is 0 Å². The highest BCUT2D eigenvalue weighted by molar-refractivity contribution is 5.98. The zero-order valence-corrected chi connectivity index (χ0v) is 14.8. The molecule has 0 unspecified atom stereocenters. The second kappa shape index (κ2) is 6.64. The number of hydrogen-bond acceptors (Lipinski definition) is 6. The van der Waals surface area contributed by atoms with E-state index >= 15 is 0 Å². The van der Waals surface area contributed by atoms with Crippen molar-refractivity contribution in [2.75, 3.05) is 19.0 Å². The monoisotopic (exact) mass is 365 g/mol. The van der Waals surface area contributed by atoms with Gasteiger partial charge in [-0.3, -0.25) is 4.79 Å². The van der Waals surface area contributed by atoms with Crippen LogP contribution in [-0.2, 0) is 6.54 Å². The molecule has 0 aliphatic heterocycles. The summed E-state index contributed by atoms with van der Waals surface area (Å²) in [4.78, 5) is 21.5. The minimum Gasteiger partial charge on any atom is -0.452 e. The van der Waals surface area contributed by atoms with Crippen molar-refractivity contribution in [3.05, 3.63) is 59.9 Å². The number of hydrogen-bond donors (Lipinski definition) is 0. The van der Waals surface area contributed by atoms with Gasteiger partial charge in [-0.25, -0.2) is 19.0 Å². The lowest BCUT2D eigenvalue weighted by atomic mass is 10.2. The van der Waals surface area contributed by atoms with Crippen molar-refractivity contribution in [2.45, 2.75) is 6.54 Å². The van der Waals surface area contributed by atoms with Gasteiger partial charge in [0.05, 0.1) is 11.9 Å². The topological polar surface area (TPSA) is 77.1 Å². The van der Waals surface area contributed by atoms with E-state index in [-0.39, 0.29) is 18.1 Å². The molecule has 0 radical (unpaired) electrons. The molecule has 0 saturated heterocycles. The molecule has 0 fully saturated rings. The third kappa shape index (κ3) is 2.95. The summed E-state index contributed by atoms with van der Waals surface area (Å²) in [5, 5.41) is 5.27. The SMILES string of the molecule is CN(C)c1ncnc2c1c(-c1ccc(C=O)o1)nn2Cc1ccccc1F. The van der Waals surface area contributed by atoms with Crippen LogP contribution in [0.15, 0.2) is 47.1 Å². The number of carbonyl (C=O) groups is 1. The summed E-state index contributed by atoms with van der Waals surface area (Å²) in [6, 6.07) is 9.77. The van der Waals surface area contributed by atoms with Crippen molar-refractivity contribution in [2.24, 2.45) is 0 Å². The number of rotatable bonds is 5. The molecule has 0 amide bonds. The minimum atomic E-state index is -0.314. The molecular formula is C19H16FN5O2. The maximum atomic E-state index is 14.1. The van der Waals surface area contributed by atoms with Crippen LogP contribution in [0.5, 0.6) is 0 Å². The summed E-state index contributed by atoms with van der Waals surface area (Å²) in [6.45, 7) is 0.203. The fourth-order valence-corrected chi connectivity index (χ4v) is 2.95. The predicted molar refractivity (Wildman–Crippen MR) is 98.2 cm³/mol. The molecule has 4 aromatic rings. The molecule has 0 spiro atoms. The average Bonchev–Trinajstić information content (AvgIpc) is 3.28. The second-order valence-corrected chi connectivity index (χ2v) is 6.21. The van der Waals surface area contributed by atoms with Crippen molar-refractivity contribution in [1.82, 2.24) is 19.7 Å². The van der Waals surface area contributed by atoms with E-state index in [1.165, 1.54) is 12.4 Å². The lowest BCUT2D eigenvalue weighted by Crippen LogP contribution is -2.11. The van der Waals surface area contributed by atoms with E-state index in [2.05, 4.69) is 15.1 Å². The van der Waals surface area contributed by atoms with Gasteiger partial charge in [0.2, 0.25) is 0 Å². The van der Waals surface area contributed by atoms with E-state index in [4.69, 9.17) is 4.42 Å². The first kappa shape index (κ1) is 16.9. The third-order valence-corrected chi connectivity index (χ3v) is 4.19. The maximum absolute atomic E-state index is 14.1. The van der Waals surface area contributed by atoms with Gasteiger partial charge in [0.1, 0.15) is 23.7 Å². The number of aldehydes is 1. The Labute approximate surface area is 154 Å². The molecule has 0 aliphatic carbocycles. The van der Waals surface area contributed by atoms with E-state index in [1.54, 1.807) is 35.0 Å². The molecule has 0 bridgehead atoms. The summed E-state index contributed by atoms with van der Waals surface area (Å²) in [5.74, 6) is 0.960. The smallest absolute Gasteiger partial charge is 0.185 e. The Kier molecular flexibility index (Phi) is 4.15. The first-order valence-corrected chi connectivity index (χ1v) is 8.26. The number of aromatic nitrogens is 4. The van der Waals surface area contributed by atoms with E-state index in [1.807, 2.05) is 19.0 Å². The lowest BCUT2D eigenvalue weighted by molar-refractivity contribution is 0.110. The van der Waals surface area contributed by atoms with Crippen LogP contribution in [0.1, 0.15) is 16.1 Å². The van der Waals surface area contributed by atoms with Crippen LogP contribution in [0.25, 0.3) is 22.5 Å². The Morgan fingerprint density at radius 1 is 1.19 bits per heavy atom. The number of nitrogens with zero attached hydrogens (tertiary/aromatic N) is 5. The summed E-state index contributed by atoms with van der Waals surface area (Å²) in [6.07, 6.45) is 2.07. The van der Waals surface area contributed by atoms with Crippen LogP contribution in [-0.4, -0.2) is 40.1 Å².